The van der Waals surface area contributed by atoms with E-state index >= 15 is 0 Å². The molecular formula is C9H13N. The molecule has 0 radical (unpaired) electrons. The summed E-state index contributed by atoms with van der Waals surface area (Å²) in [6, 6.07) is 0.638. The van der Waals surface area contributed by atoms with Crippen molar-refractivity contribution in [1.29, 1.82) is 0 Å². The Kier molecular flexibility index (Phi) is 1.60. The average Bonchev–Trinajstić information content (AvgIpc) is 2.05. The molecule has 54 valence electrons. The molecule has 1 fully saturated rings. The van der Waals surface area contributed by atoms with Crippen LogP contribution in [0.25, 0.3) is 0 Å². The van der Waals surface area contributed by atoms with Crippen LogP contribution in [0.15, 0.2) is 11.1 Å². The summed E-state index contributed by atoms with van der Waals surface area (Å²) in [4.78, 5) is 4.35. The van der Waals surface area contributed by atoms with Gasteiger partial charge in [0.05, 0.1) is 6.04 Å². The monoisotopic (exact) mass is 135 g/mol. The third kappa shape index (κ3) is 1.02. The van der Waals surface area contributed by atoms with Crippen LogP contribution in [0.4, 0.5) is 0 Å². The van der Waals surface area contributed by atoms with E-state index in [1.807, 2.05) is 0 Å². The van der Waals surface area contributed by atoms with Gasteiger partial charge in [0.15, 0.2) is 0 Å². The van der Waals surface area contributed by atoms with Crippen molar-refractivity contribution in [3.63, 3.8) is 0 Å². The first kappa shape index (κ1) is 6.18. The van der Waals surface area contributed by atoms with Crippen LogP contribution < -0.4 is 0 Å². The van der Waals surface area contributed by atoms with Gasteiger partial charge in [-0.05, 0) is 37.1 Å². The Bertz CT molecular complexity index is 177. The van der Waals surface area contributed by atoms with Crippen molar-refractivity contribution in [3.05, 3.63) is 6.08 Å². The maximum absolute atomic E-state index is 4.35. The molecule has 0 aromatic heterocycles. The van der Waals surface area contributed by atoms with Gasteiger partial charge in [-0.1, -0.05) is 12.8 Å². The van der Waals surface area contributed by atoms with Crippen LogP contribution in [-0.4, -0.2) is 11.9 Å². The van der Waals surface area contributed by atoms with E-state index in [9.17, 15) is 0 Å². The third-order valence-electron chi connectivity index (χ3n) is 2.62. The quantitative estimate of drug-likeness (QED) is 0.482. The Balaban J connectivity index is 2.10. The largest absolute Gasteiger partial charge is 0.240 e. The zero-order valence-corrected chi connectivity index (χ0v) is 6.21. The second-order valence-electron chi connectivity index (χ2n) is 3.31. The smallest absolute Gasteiger partial charge is 0.0625 e. The van der Waals surface area contributed by atoms with Crippen LogP contribution in [0.3, 0.4) is 0 Å². The van der Waals surface area contributed by atoms with E-state index < -0.39 is 0 Å². The van der Waals surface area contributed by atoms with Crippen LogP contribution in [0.2, 0.25) is 0 Å². The number of aliphatic imine (C=N–C) groups is 1. The summed E-state index contributed by atoms with van der Waals surface area (Å²) in [6.45, 7) is 0. The first-order chi connectivity index (χ1) is 4.97. The highest BCUT2D eigenvalue weighted by molar-refractivity contribution is 5.53. The first-order valence-electron chi connectivity index (χ1n) is 4.24. The fraction of sp³-hybridized carbons (Fsp3) is 0.778. The molecule has 1 heteroatoms. The molecule has 1 aliphatic carbocycles. The van der Waals surface area contributed by atoms with Crippen molar-refractivity contribution in [1.82, 2.24) is 0 Å². The molecule has 0 aromatic carbocycles. The fourth-order valence-electron chi connectivity index (χ4n) is 1.99. The molecule has 2 rings (SSSR count). The molecule has 2 unspecified atom stereocenters. The zero-order chi connectivity index (χ0) is 6.81. The SMILES string of the molecule is C1=CCC2CCCCC2N=1. The molecule has 1 heterocycles. The molecule has 1 aliphatic heterocycles. The van der Waals surface area contributed by atoms with Crippen molar-refractivity contribution in [3.8, 4) is 0 Å². The second kappa shape index (κ2) is 2.59. The molecular weight excluding hydrogens is 122 g/mol. The topological polar surface area (TPSA) is 12.4 Å². The van der Waals surface area contributed by atoms with Gasteiger partial charge >= 0.3 is 0 Å². The van der Waals surface area contributed by atoms with Crippen molar-refractivity contribution in [2.24, 2.45) is 10.9 Å². The molecule has 1 saturated carbocycles. The number of fused-ring (bicyclic) bond motifs is 1. The Morgan fingerprint density at radius 2 is 2.20 bits per heavy atom. The van der Waals surface area contributed by atoms with E-state index in [1.54, 1.807) is 0 Å². The van der Waals surface area contributed by atoms with Crippen LogP contribution >= 0.6 is 0 Å². The van der Waals surface area contributed by atoms with Crippen LogP contribution in [0.1, 0.15) is 32.1 Å². The Morgan fingerprint density at radius 3 is 3.10 bits per heavy atom. The number of nitrogens with zero attached hydrogens (tertiary/aromatic N) is 1. The standard InChI is InChI=1S/C9H13N/c1-2-6-9-8(4-1)5-3-7-10-9/h3,8-9H,1-2,4-6H2. The van der Waals surface area contributed by atoms with E-state index in [4.69, 9.17) is 0 Å². The molecule has 0 aromatic rings. The third-order valence-corrected chi connectivity index (χ3v) is 2.62. The van der Waals surface area contributed by atoms with Gasteiger partial charge in [-0.15, -0.1) is 0 Å². The minimum absolute atomic E-state index is 0.638. The van der Waals surface area contributed by atoms with Gasteiger partial charge in [0.2, 0.25) is 0 Å². The molecule has 1 nitrogen and oxygen atoms in total. The van der Waals surface area contributed by atoms with Crippen molar-refractivity contribution < 1.29 is 0 Å². The minimum atomic E-state index is 0.638. The lowest BCUT2D eigenvalue weighted by molar-refractivity contribution is 0.309. The van der Waals surface area contributed by atoms with Crippen molar-refractivity contribution in [2.45, 2.75) is 38.1 Å². The molecule has 0 N–H and O–H groups in total. The average molecular weight is 135 g/mol. The van der Waals surface area contributed by atoms with E-state index in [0.717, 1.165) is 5.92 Å². The summed E-state index contributed by atoms with van der Waals surface area (Å²) in [5.74, 6) is 3.85. The van der Waals surface area contributed by atoms with Crippen molar-refractivity contribution in [2.75, 3.05) is 0 Å². The summed E-state index contributed by atoms with van der Waals surface area (Å²) in [5, 5.41) is 0. The first-order valence-corrected chi connectivity index (χ1v) is 4.24. The number of rotatable bonds is 0. The van der Waals surface area contributed by atoms with Gasteiger partial charge < -0.3 is 0 Å². The van der Waals surface area contributed by atoms with Gasteiger partial charge in [0.1, 0.15) is 0 Å². The van der Waals surface area contributed by atoms with Crippen LogP contribution in [-0.2, 0) is 0 Å². The highest BCUT2D eigenvalue weighted by Gasteiger charge is 2.24. The number of allylic oxidation sites excluding steroid dienone is 1. The molecule has 0 amide bonds. The van der Waals surface area contributed by atoms with Gasteiger partial charge in [-0.3, -0.25) is 0 Å². The lowest BCUT2D eigenvalue weighted by atomic mass is 9.82. The predicted octanol–water partition coefficient (Wildman–Crippen LogP) is 2.17. The van der Waals surface area contributed by atoms with Crippen LogP contribution in [0.5, 0.6) is 0 Å². The summed E-state index contributed by atoms with van der Waals surface area (Å²) >= 11 is 0. The van der Waals surface area contributed by atoms with Gasteiger partial charge in [0, 0.05) is 0 Å². The molecule has 0 spiro atoms. The highest BCUT2D eigenvalue weighted by atomic mass is 14.8. The molecule has 0 bridgehead atoms. The van der Waals surface area contributed by atoms with E-state index in [1.165, 1.54) is 32.1 Å². The van der Waals surface area contributed by atoms with E-state index in [0.29, 0.717) is 6.04 Å². The predicted molar refractivity (Wildman–Crippen MR) is 42.4 cm³/mol. The molecule has 2 aliphatic rings. The lowest BCUT2D eigenvalue weighted by Gasteiger charge is -2.28. The number of hydrogen-bond acceptors (Lipinski definition) is 1. The molecule has 10 heavy (non-hydrogen) atoms. The number of hydrogen-bond donors (Lipinski definition) is 0. The second-order valence-corrected chi connectivity index (χ2v) is 3.31. The van der Waals surface area contributed by atoms with E-state index in [2.05, 4.69) is 16.9 Å². The normalized spacial score (nSPS) is 37.6. The summed E-state index contributed by atoms with van der Waals surface area (Å²) in [6.07, 6.45) is 8.83. The maximum atomic E-state index is 4.35. The van der Waals surface area contributed by atoms with Gasteiger partial charge in [-0.25, -0.2) is 4.99 Å². The van der Waals surface area contributed by atoms with Crippen LogP contribution in [0, 0.1) is 5.92 Å². The summed E-state index contributed by atoms with van der Waals surface area (Å²) in [7, 11) is 0. The zero-order valence-electron chi connectivity index (χ0n) is 6.21. The lowest BCUT2D eigenvalue weighted by Crippen LogP contribution is -2.23. The van der Waals surface area contributed by atoms with Gasteiger partial charge in [-0.2, -0.15) is 0 Å². The Labute approximate surface area is 61.9 Å². The van der Waals surface area contributed by atoms with Crippen molar-refractivity contribution >= 4 is 5.87 Å². The fourth-order valence-corrected chi connectivity index (χ4v) is 1.99. The Hall–Kier alpha value is -0.550. The summed E-state index contributed by atoms with van der Waals surface area (Å²) < 4.78 is 0. The molecule has 2 atom stereocenters. The van der Waals surface area contributed by atoms with Gasteiger partial charge in [0.25, 0.3) is 0 Å². The minimum Gasteiger partial charge on any atom is -0.240 e. The Morgan fingerprint density at radius 1 is 1.30 bits per heavy atom. The molecule has 0 saturated heterocycles. The van der Waals surface area contributed by atoms with E-state index in [-0.39, 0.29) is 0 Å². The highest BCUT2D eigenvalue weighted by Crippen LogP contribution is 2.30. The summed E-state index contributed by atoms with van der Waals surface area (Å²) in [5.41, 5.74) is 0. The maximum Gasteiger partial charge on any atom is 0.0625 e.